The number of benzene rings is 4. The Kier molecular flexibility index (Phi) is 12.4. The Morgan fingerprint density at radius 1 is 0.468 bits per heavy atom. The molecule has 4 rings (SSSR count). The molecule has 4 aromatic rings. The van der Waals surface area contributed by atoms with Gasteiger partial charge in [0.2, 0.25) is 0 Å². The molecule has 0 saturated carbocycles. The second-order valence-corrected chi connectivity index (χ2v) is 20.0. The van der Waals surface area contributed by atoms with E-state index in [0.29, 0.717) is 35.5 Å². The predicted molar refractivity (Wildman–Crippen MR) is 214 cm³/mol. The summed E-state index contributed by atoms with van der Waals surface area (Å²) in [7, 11) is 0. The standard InChI is InChI=1S/C45H60AsP/c1-25(2)34-21-38(27(5)6)42(39(22-34)28(7)8)36-17-16-18-37(44(36)46-47-45-32(14)19-31(13)20-33(45)15)43-40(29(9)10)23-35(26(3)4)24-41(43)30(11)12/h16-30H,1-15H3. The van der Waals surface area contributed by atoms with Gasteiger partial charge in [-0.1, -0.05) is 0 Å². The van der Waals surface area contributed by atoms with Crippen molar-refractivity contribution < 1.29 is 0 Å². The Morgan fingerprint density at radius 3 is 1.11 bits per heavy atom. The molecule has 0 fully saturated rings. The molecule has 0 aliphatic rings. The first kappa shape index (κ1) is 37.6. The Labute approximate surface area is 296 Å². The van der Waals surface area contributed by atoms with Crippen LogP contribution in [0.25, 0.3) is 22.3 Å². The minimum atomic E-state index is -0.187. The van der Waals surface area contributed by atoms with E-state index in [2.05, 4.69) is 158 Å². The van der Waals surface area contributed by atoms with E-state index in [4.69, 9.17) is 0 Å². The van der Waals surface area contributed by atoms with Crippen molar-refractivity contribution in [2.75, 3.05) is 0 Å². The van der Waals surface area contributed by atoms with Gasteiger partial charge >= 0.3 is 297 Å². The summed E-state index contributed by atoms with van der Waals surface area (Å²) >= 11 is -0.187. The van der Waals surface area contributed by atoms with Crippen LogP contribution in [0.15, 0.2) is 54.6 Å². The summed E-state index contributed by atoms with van der Waals surface area (Å²) in [4.78, 5) is 0. The molecule has 0 aliphatic heterocycles. The van der Waals surface area contributed by atoms with Gasteiger partial charge < -0.3 is 0 Å². The monoisotopic (exact) mass is 706 g/mol. The van der Waals surface area contributed by atoms with Gasteiger partial charge in [-0.3, -0.25) is 0 Å². The van der Waals surface area contributed by atoms with Gasteiger partial charge in [0, 0.05) is 0 Å². The molecule has 4 aromatic carbocycles. The first-order chi connectivity index (χ1) is 22.0. The second-order valence-electron chi connectivity index (χ2n) is 15.7. The Hall–Kier alpha value is -2.26. The van der Waals surface area contributed by atoms with Gasteiger partial charge in [-0.05, 0) is 0 Å². The molecule has 0 spiro atoms. The van der Waals surface area contributed by atoms with E-state index < -0.39 is 0 Å². The number of rotatable bonds is 10. The fourth-order valence-corrected chi connectivity index (χ4v) is 13.3. The number of aryl methyl sites for hydroxylation is 3. The predicted octanol–water partition coefficient (Wildman–Crippen LogP) is 13.2. The van der Waals surface area contributed by atoms with Crippen LogP contribution >= 0.6 is 6.69 Å². The van der Waals surface area contributed by atoms with Gasteiger partial charge in [0.05, 0.1) is 0 Å². The third-order valence-electron chi connectivity index (χ3n) is 9.72. The summed E-state index contributed by atoms with van der Waals surface area (Å²) < 4.78 is 1.59. The van der Waals surface area contributed by atoms with Gasteiger partial charge in [-0.25, -0.2) is 0 Å². The van der Waals surface area contributed by atoms with Gasteiger partial charge in [0.15, 0.2) is 0 Å². The second kappa shape index (κ2) is 15.5. The third-order valence-corrected chi connectivity index (χ3v) is 15.1. The fourth-order valence-electron chi connectivity index (χ4n) is 7.02. The van der Waals surface area contributed by atoms with Gasteiger partial charge in [0.25, 0.3) is 0 Å². The average Bonchev–Trinajstić information content (AvgIpc) is 2.98. The van der Waals surface area contributed by atoms with Gasteiger partial charge in [0.1, 0.15) is 0 Å². The van der Waals surface area contributed by atoms with Crippen LogP contribution in [0.1, 0.15) is 169 Å². The molecule has 0 unspecified atom stereocenters. The Morgan fingerprint density at radius 2 is 0.809 bits per heavy atom. The number of hydrogen-bond donors (Lipinski definition) is 0. The minimum absolute atomic E-state index is 0.187. The summed E-state index contributed by atoms with van der Waals surface area (Å²) in [5.41, 5.74) is 19.1. The van der Waals surface area contributed by atoms with Crippen molar-refractivity contribution in [2.24, 2.45) is 0 Å². The van der Waals surface area contributed by atoms with Crippen LogP contribution < -0.4 is 9.66 Å². The molecule has 0 heterocycles. The van der Waals surface area contributed by atoms with Crippen LogP contribution in [0.3, 0.4) is 0 Å². The normalized spacial score (nSPS) is 12.4. The molecule has 0 nitrogen and oxygen atoms in total. The third kappa shape index (κ3) is 8.14. The zero-order valence-electron chi connectivity index (χ0n) is 32.1. The van der Waals surface area contributed by atoms with Gasteiger partial charge in [-0.15, -0.1) is 0 Å². The molecular formula is C45H60AsP. The van der Waals surface area contributed by atoms with Crippen LogP contribution in [0.4, 0.5) is 0 Å². The molecule has 0 amide bonds. The van der Waals surface area contributed by atoms with E-state index in [1.54, 1.807) is 4.35 Å². The summed E-state index contributed by atoms with van der Waals surface area (Å²) in [5, 5.41) is 1.52. The maximum atomic E-state index is 2.53. The molecule has 0 radical (unpaired) electrons. The SMILES string of the molecule is Cc1cc(C)c(P=[As]c2c(-c3c(C(C)C)cc(C(C)C)cc3C(C)C)cccc2-c2c(C(C)C)cc(C(C)C)cc2C(C)C)c(C)c1. The summed E-state index contributed by atoms with van der Waals surface area (Å²) in [5.74, 6) is 2.77. The van der Waals surface area contributed by atoms with Crippen molar-refractivity contribution in [3.8, 4) is 22.3 Å². The summed E-state index contributed by atoms with van der Waals surface area (Å²) in [6.45, 7) is 36.8. The molecule has 0 N–H and O–H groups in total. The van der Waals surface area contributed by atoms with Crippen LogP contribution in [0.2, 0.25) is 0 Å². The Balaban J connectivity index is 2.23. The van der Waals surface area contributed by atoms with E-state index in [0.717, 1.165) is 0 Å². The summed E-state index contributed by atoms with van der Waals surface area (Å²) in [6, 6.07) is 22.2. The molecule has 250 valence electrons. The topological polar surface area (TPSA) is 0 Å². The van der Waals surface area contributed by atoms with E-state index in [-0.39, 0.29) is 14.8 Å². The van der Waals surface area contributed by atoms with Crippen LogP contribution in [0, 0.1) is 20.8 Å². The maximum absolute atomic E-state index is 2.53. The Bertz CT molecular complexity index is 1590. The zero-order valence-corrected chi connectivity index (χ0v) is 34.8. The van der Waals surface area contributed by atoms with Gasteiger partial charge in [-0.2, -0.15) is 0 Å². The van der Waals surface area contributed by atoms with Crippen molar-refractivity contribution in [3.05, 3.63) is 105 Å². The average molecular weight is 707 g/mol. The van der Waals surface area contributed by atoms with Crippen molar-refractivity contribution in [1.82, 2.24) is 0 Å². The van der Waals surface area contributed by atoms with Crippen LogP contribution in [0.5, 0.6) is 0 Å². The quantitative estimate of drug-likeness (QED) is 0.114. The molecule has 0 aliphatic carbocycles. The van der Waals surface area contributed by atoms with Crippen molar-refractivity contribution in [3.63, 3.8) is 0 Å². The summed E-state index contributed by atoms with van der Waals surface area (Å²) in [6.07, 6.45) is 0. The molecule has 47 heavy (non-hydrogen) atoms. The first-order valence-corrected chi connectivity index (χ1v) is 22.3. The molecule has 0 saturated heterocycles. The van der Waals surface area contributed by atoms with Crippen molar-refractivity contribution >= 4 is 31.2 Å². The van der Waals surface area contributed by atoms with Crippen LogP contribution in [-0.2, 0) is 0 Å². The molecular weight excluding hydrogens is 646 g/mol. The van der Waals surface area contributed by atoms with Crippen LogP contribution in [-0.4, -0.2) is 14.8 Å². The molecule has 2 heteroatoms. The fraction of sp³-hybridized carbons (Fsp3) is 0.467. The molecule has 0 bridgehead atoms. The first-order valence-electron chi connectivity index (χ1n) is 18.0. The zero-order chi connectivity index (χ0) is 34.9. The van der Waals surface area contributed by atoms with E-state index in [9.17, 15) is 0 Å². The van der Waals surface area contributed by atoms with E-state index in [1.165, 1.54) is 84.3 Å². The van der Waals surface area contributed by atoms with E-state index >= 15 is 0 Å². The molecule has 0 atom stereocenters. The number of hydrogen-bond acceptors (Lipinski definition) is 0. The van der Waals surface area contributed by atoms with Crippen molar-refractivity contribution in [2.45, 2.75) is 139 Å². The van der Waals surface area contributed by atoms with E-state index in [1.807, 2.05) is 0 Å². The van der Waals surface area contributed by atoms with Crippen molar-refractivity contribution in [1.29, 1.82) is 0 Å². The molecule has 0 aromatic heterocycles.